The fraction of sp³-hybridized carbons (Fsp3) is 0.188. The second-order valence-corrected chi connectivity index (χ2v) is 4.45. The van der Waals surface area contributed by atoms with E-state index in [0.29, 0.717) is 11.3 Å². The first-order valence-electron chi connectivity index (χ1n) is 6.22. The van der Waals surface area contributed by atoms with Gasteiger partial charge in [0, 0.05) is 10.0 Å². The van der Waals surface area contributed by atoms with Crippen molar-refractivity contribution in [3.05, 3.63) is 64.6 Å². The van der Waals surface area contributed by atoms with Gasteiger partial charge in [0.1, 0.15) is 5.75 Å². The Bertz CT molecular complexity index is 492. The van der Waals surface area contributed by atoms with Crippen molar-refractivity contribution in [3.63, 3.8) is 0 Å². The van der Waals surface area contributed by atoms with E-state index >= 15 is 0 Å². The maximum absolute atomic E-state index is 11.8. The number of halogens is 1. The number of rotatable bonds is 4. The van der Waals surface area contributed by atoms with E-state index < -0.39 is 0 Å². The van der Waals surface area contributed by atoms with Crippen molar-refractivity contribution in [2.24, 2.45) is 0 Å². The molecule has 0 atom stereocenters. The zero-order valence-corrected chi connectivity index (χ0v) is 12.7. The van der Waals surface area contributed by atoms with Gasteiger partial charge in [-0.3, -0.25) is 4.79 Å². The molecule has 0 bridgehead atoms. The van der Waals surface area contributed by atoms with Crippen LogP contribution in [-0.2, 0) is 0 Å². The quantitative estimate of drug-likeness (QED) is 0.761. The fourth-order valence-electron chi connectivity index (χ4n) is 1.38. The van der Waals surface area contributed by atoms with Crippen LogP contribution in [0.25, 0.3) is 0 Å². The number of ketones is 1. The SMILES string of the molecule is CC.O=C(COc1ccccc1)c1ccc(Br)cc1. The molecule has 2 nitrogen and oxygen atoms in total. The van der Waals surface area contributed by atoms with Gasteiger partial charge in [0.2, 0.25) is 0 Å². The summed E-state index contributed by atoms with van der Waals surface area (Å²) in [6, 6.07) is 16.6. The van der Waals surface area contributed by atoms with E-state index in [9.17, 15) is 4.79 Å². The zero-order chi connectivity index (χ0) is 14.1. The molecule has 3 heteroatoms. The highest BCUT2D eigenvalue weighted by atomic mass is 79.9. The third-order valence-corrected chi connectivity index (χ3v) is 2.81. The molecule has 2 aromatic carbocycles. The number of para-hydroxylation sites is 1. The number of benzene rings is 2. The summed E-state index contributed by atoms with van der Waals surface area (Å²) in [5.74, 6) is 0.680. The summed E-state index contributed by atoms with van der Waals surface area (Å²) < 4.78 is 6.35. The van der Waals surface area contributed by atoms with E-state index in [1.165, 1.54) is 0 Å². The van der Waals surface area contributed by atoms with Crippen LogP contribution in [0.2, 0.25) is 0 Å². The lowest BCUT2D eigenvalue weighted by Gasteiger charge is -2.05. The number of hydrogen-bond donors (Lipinski definition) is 0. The van der Waals surface area contributed by atoms with Gasteiger partial charge < -0.3 is 4.74 Å². The van der Waals surface area contributed by atoms with Gasteiger partial charge in [-0.1, -0.05) is 60.1 Å². The van der Waals surface area contributed by atoms with Crippen LogP contribution in [0.4, 0.5) is 0 Å². The molecule has 0 aliphatic carbocycles. The van der Waals surface area contributed by atoms with Crippen molar-refractivity contribution < 1.29 is 9.53 Å². The van der Waals surface area contributed by atoms with Crippen molar-refractivity contribution >= 4 is 21.7 Å². The standard InChI is InChI=1S/C14H11BrO2.C2H6/c15-12-8-6-11(7-9-12)14(16)10-17-13-4-2-1-3-5-13;1-2/h1-9H,10H2;1-2H3. The number of carbonyl (C=O) groups excluding carboxylic acids is 1. The van der Waals surface area contributed by atoms with Gasteiger partial charge in [-0.2, -0.15) is 0 Å². The second kappa shape index (κ2) is 8.48. The van der Waals surface area contributed by atoms with E-state index in [0.717, 1.165) is 4.47 Å². The van der Waals surface area contributed by atoms with Gasteiger partial charge in [-0.25, -0.2) is 0 Å². The molecule has 0 amide bonds. The smallest absolute Gasteiger partial charge is 0.200 e. The van der Waals surface area contributed by atoms with E-state index in [-0.39, 0.29) is 12.4 Å². The average Bonchev–Trinajstić information content (AvgIpc) is 2.49. The normalized spacial score (nSPS) is 9.21. The number of ether oxygens (including phenoxy) is 1. The van der Waals surface area contributed by atoms with Gasteiger partial charge >= 0.3 is 0 Å². The third-order valence-electron chi connectivity index (χ3n) is 2.28. The molecule has 0 unspecified atom stereocenters. The fourth-order valence-corrected chi connectivity index (χ4v) is 1.65. The first kappa shape index (κ1) is 15.4. The minimum Gasteiger partial charge on any atom is -0.485 e. The Morgan fingerprint density at radius 1 is 1.00 bits per heavy atom. The Balaban J connectivity index is 0.000000861. The van der Waals surface area contributed by atoms with Crippen molar-refractivity contribution in [2.75, 3.05) is 6.61 Å². The van der Waals surface area contributed by atoms with Crippen LogP contribution in [0, 0.1) is 0 Å². The van der Waals surface area contributed by atoms with Crippen molar-refractivity contribution in [3.8, 4) is 5.75 Å². The van der Waals surface area contributed by atoms with E-state index in [1.54, 1.807) is 12.1 Å². The minimum absolute atomic E-state index is 0.0265. The summed E-state index contributed by atoms with van der Waals surface area (Å²) >= 11 is 3.33. The molecule has 0 fully saturated rings. The molecule has 0 heterocycles. The Morgan fingerprint density at radius 3 is 2.16 bits per heavy atom. The van der Waals surface area contributed by atoms with Gasteiger partial charge in [0.05, 0.1) is 0 Å². The lowest BCUT2D eigenvalue weighted by atomic mass is 10.1. The predicted octanol–water partition coefficient (Wildman–Crippen LogP) is 4.74. The minimum atomic E-state index is -0.0265. The summed E-state index contributed by atoms with van der Waals surface area (Å²) in [6.45, 7) is 4.06. The summed E-state index contributed by atoms with van der Waals surface area (Å²) in [5, 5.41) is 0. The van der Waals surface area contributed by atoms with E-state index in [1.807, 2.05) is 56.3 Å². The lowest BCUT2D eigenvalue weighted by Crippen LogP contribution is -2.11. The average molecular weight is 321 g/mol. The highest BCUT2D eigenvalue weighted by molar-refractivity contribution is 9.10. The molecule has 0 aliphatic rings. The van der Waals surface area contributed by atoms with Crippen LogP contribution in [0.1, 0.15) is 24.2 Å². The molecule has 19 heavy (non-hydrogen) atoms. The largest absolute Gasteiger partial charge is 0.485 e. The Hall–Kier alpha value is -1.61. The Labute approximate surface area is 122 Å². The highest BCUT2D eigenvalue weighted by Crippen LogP contribution is 2.12. The molecule has 0 saturated heterocycles. The summed E-state index contributed by atoms with van der Waals surface area (Å²) in [4.78, 5) is 11.8. The number of Topliss-reactive ketones (excluding diaryl/α,β-unsaturated/α-hetero) is 1. The number of carbonyl (C=O) groups is 1. The van der Waals surface area contributed by atoms with Crippen LogP contribution in [-0.4, -0.2) is 12.4 Å². The summed E-state index contributed by atoms with van der Waals surface area (Å²) in [7, 11) is 0. The topological polar surface area (TPSA) is 26.3 Å². The van der Waals surface area contributed by atoms with E-state index in [4.69, 9.17) is 4.74 Å². The molecule has 2 aromatic rings. The molecule has 0 N–H and O–H groups in total. The maximum atomic E-state index is 11.8. The van der Waals surface area contributed by atoms with Crippen LogP contribution in [0.5, 0.6) is 5.75 Å². The van der Waals surface area contributed by atoms with Crippen molar-refractivity contribution in [2.45, 2.75) is 13.8 Å². The highest BCUT2D eigenvalue weighted by Gasteiger charge is 2.06. The molecule has 0 aliphatic heterocycles. The zero-order valence-electron chi connectivity index (χ0n) is 11.1. The van der Waals surface area contributed by atoms with Crippen molar-refractivity contribution in [1.29, 1.82) is 0 Å². The third kappa shape index (κ3) is 5.26. The molecule has 0 aromatic heterocycles. The lowest BCUT2D eigenvalue weighted by molar-refractivity contribution is 0.0921. The van der Waals surface area contributed by atoms with Gasteiger partial charge in [0.15, 0.2) is 12.4 Å². The van der Waals surface area contributed by atoms with Crippen LogP contribution in [0.15, 0.2) is 59.1 Å². The number of hydrogen-bond acceptors (Lipinski definition) is 2. The first-order valence-corrected chi connectivity index (χ1v) is 7.01. The van der Waals surface area contributed by atoms with Gasteiger partial charge in [-0.05, 0) is 24.3 Å². The Kier molecular flexibility index (Phi) is 6.90. The van der Waals surface area contributed by atoms with Gasteiger partial charge in [0.25, 0.3) is 0 Å². The summed E-state index contributed by atoms with van der Waals surface area (Å²) in [5.41, 5.74) is 0.657. The van der Waals surface area contributed by atoms with Crippen molar-refractivity contribution in [1.82, 2.24) is 0 Å². The first-order chi connectivity index (χ1) is 9.25. The molecular formula is C16H17BrO2. The van der Waals surface area contributed by atoms with Crippen LogP contribution < -0.4 is 4.74 Å². The predicted molar refractivity (Wildman–Crippen MR) is 81.8 cm³/mol. The second-order valence-electron chi connectivity index (χ2n) is 3.53. The molecule has 2 rings (SSSR count). The molecule has 0 spiro atoms. The Morgan fingerprint density at radius 2 is 1.58 bits per heavy atom. The molecular weight excluding hydrogens is 304 g/mol. The molecule has 100 valence electrons. The molecule has 0 radical (unpaired) electrons. The summed E-state index contributed by atoms with van der Waals surface area (Å²) in [6.07, 6.45) is 0. The van der Waals surface area contributed by atoms with Gasteiger partial charge in [-0.15, -0.1) is 0 Å². The molecule has 0 saturated carbocycles. The van der Waals surface area contributed by atoms with Crippen LogP contribution in [0.3, 0.4) is 0 Å². The maximum Gasteiger partial charge on any atom is 0.200 e. The van der Waals surface area contributed by atoms with Crippen LogP contribution >= 0.6 is 15.9 Å². The van der Waals surface area contributed by atoms with E-state index in [2.05, 4.69) is 15.9 Å². The monoisotopic (exact) mass is 320 g/mol.